The molecule has 0 saturated heterocycles. The summed E-state index contributed by atoms with van der Waals surface area (Å²) in [4.78, 5) is 16.3. The fourth-order valence-electron chi connectivity index (χ4n) is 2.25. The van der Waals surface area contributed by atoms with Crippen LogP contribution in [0.1, 0.15) is 11.1 Å². The number of halogens is 3. The third kappa shape index (κ3) is 4.32. The zero-order chi connectivity index (χ0) is 18.7. The predicted molar refractivity (Wildman–Crippen MR) is 115 cm³/mol. The molecule has 0 aliphatic carbocycles. The van der Waals surface area contributed by atoms with Gasteiger partial charge in [-0.1, -0.05) is 18.7 Å². The maximum absolute atomic E-state index is 13.3. The van der Waals surface area contributed by atoms with Gasteiger partial charge in [-0.2, -0.15) is 0 Å². The maximum atomic E-state index is 13.3. The maximum Gasteiger partial charge on any atom is 0.363 e. The van der Waals surface area contributed by atoms with E-state index in [1.54, 1.807) is 18.2 Å². The Hall–Kier alpha value is -1.75. The van der Waals surface area contributed by atoms with Crippen LogP contribution < -0.4 is 4.74 Å². The quantitative estimate of drug-likeness (QED) is 0.220. The Morgan fingerprint density at radius 1 is 1.23 bits per heavy atom. The van der Waals surface area contributed by atoms with Crippen LogP contribution in [-0.4, -0.2) is 18.5 Å². The van der Waals surface area contributed by atoms with Crippen LogP contribution >= 0.6 is 45.2 Å². The first-order valence-electron chi connectivity index (χ1n) is 7.49. The van der Waals surface area contributed by atoms with Gasteiger partial charge >= 0.3 is 5.97 Å². The van der Waals surface area contributed by atoms with Gasteiger partial charge in [-0.15, -0.1) is 0 Å². The molecule has 3 rings (SSSR count). The van der Waals surface area contributed by atoms with Gasteiger partial charge in [-0.05, 0) is 87.2 Å². The van der Waals surface area contributed by atoms with Gasteiger partial charge in [0.1, 0.15) is 18.2 Å². The number of cyclic esters (lactones) is 1. The van der Waals surface area contributed by atoms with E-state index < -0.39 is 11.8 Å². The molecule has 1 aliphatic heterocycles. The second kappa shape index (κ2) is 8.30. The van der Waals surface area contributed by atoms with Crippen molar-refractivity contribution in [1.82, 2.24) is 0 Å². The summed E-state index contributed by atoms with van der Waals surface area (Å²) in [5.41, 5.74) is 1.37. The molecule has 0 saturated carbocycles. The Kier molecular flexibility index (Phi) is 6.07. The highest BCUT2D eigenvalue weighted by Gasteiger charge is 2.24. The molecule has 1 aliphatic rings. The molecule has 0 bridgehead atoms. The Morgan fingerprint density at radius 3 is 2.62 bits per heavy atom. The van der Waals surface area contributed by atoms with Crippen LogP contribution in [0.2, 0.25) is 0 Å². The average Bonchev–Trinajstić information content (AvgIpc) is 2.95. The van der Waals surface area contributed by atoms with E-state index in [9.17, 15) is 9.18 Å². The van der Waals surface area contributed by atoms with Gasteiger partial charge in [0.2, 0.25) is 5.90 Å². The zero-order valence-electron chi connectivity index (χ0n) is 13.3. The number of carbonyl (C=O) groups excluding carboxylic acids is 1. The van der Waals surface area contributed by atoms with E-state index in [2.05, 4.69) is 56.8 Å². The van der Waals surface area contributed by atoms with Crippen molar-refractivity contribution in [2.45, 2.75) is 0 Å². The summed E-state index contributed by atoms with van der Waals surface area (Å²) < 4.78 is 26.0. The van der Waals surface area contributed by atoms with E-state index >= 15 is 0 Å². The molecule has 132 valence electrons. The van der Waals surface area contributed by atoms with Crippen molar-refractivity contribution in [3.05, 3.63) is 78.8 Å². The lowest BCUT2D eigenvalue weighted by Gasteiger charge is -2.09. The number of hydrogen-bond donors (Lipinski definition) is 0. The first-order valence-corrected chi connectivity index (χ1v) is 9.65. The number of nitrogens with zero attached hydrogens (tertiary/aromatic N) is 1. The van der Waals surface area contributed by atoms with Gasteiger partial charge in [-0.3, -0.25) is 0 Å². The first-order chi connectivity index (χ1) is 12.5. The molecule has 1 heterocycles. The molecular formula is C19H12FI2NO3. The van der Waals surface area contributed by atoms with Gasteiger partial charge < -0.3 is 9.47 Å². The van der Waals surface area contributed by atoms with Gasteiger partial charge in [-0.25, -0.2) is 14.2 Å². The van der Waals surface area contributed by atoms with Crippen molar-refractivity contribution in [3.63, 3.8) is 0 Å². The second-order valence-electron chi connectivity index (χ2n) is 5.26. The summed E-state index contributed by atoms with van der Waals surface area (Å²) in [7, 11) is 0. The van der Waals surface area contributed by atoms with Crippen LogP contribution in [0.4, 0.5) is 4.39 Å². The number of benzene rings is 2. The Morgan fingerprint density at radius 2 is 1.96 bits per heavy atom. The number of rotatable bonds is 5. The topological polar surface area (TPSA) is 47.9 Å². The number of carbonyl (C=O) groups is 1. The van der Waals surface area contributed by atoms with Crippen LogP contribution in [0.5, 0.6) is 5.75 Å². The fraction of sp³-hybridized carbons (Fsp3) is 0.0526. The smallest absolute Gasteiger partial charge is 0.363 e. The van der Waals surface area contributed by atoms with Gasteiger partial charge in [0.15, 0.2) is 5.70 Å². The van der Waals surface area contributed by atoms with E-state index in [0.29, 0.717) is 12.2 Å². The van der Waals surface area contributed by atoms with Crippen molar-refractivity contribution >= 4 is 63.1 Å². The number of esters is 1. The monoisotopic (exact) mass is 575 g/mol. The third-order valence-corrected chi connectivity index (χ3v) is 4.96. The molecule has 0 amide bonds. The van der Waals surface area contributed by atoms with E-state index in [1.165, 1.54) is 18.2 Å². The molecule has 2 aromatic rings. The summed E-state index contributed by atoms with van der Waals surface area (Å²) in [6, 6.07) is 9.53. The second-order valence-corrected chi connectivity index (χ2v) is 7.58. The Bertz CT molecular complexity index is 931. The highest BCUT2D eigenvalue weighted by Crippen LogP contribution is 2.30. The van der Waals surface area contributed by atoms with E-state index in [1.807, 2.05) is 12.1 Å². The third-order valence-electron chi connectivity index (χ3n) is 3.36. The minimum Gasteiger partial charge on any atom is -0.487 e. The molecule has 4 nitrogen and oxygen atoms in total. The minimum atomic E-state index is -0.568. The zero-order valence-corrected chi connectivity index (χ0v) is 17.7. The van der Waals surface area contributed by atoms with Crippen molar-refractivity contribution in [2.75, 3.05) is 6.61 Å². The number of aliphatic imine (C=N–C) groups is 1. The lowest BCUT2D eigenvalue weighted by Crippen LogP contribution is -2.05. The number of hydrogen-bond acceptors (Lipinski definition) is 4. The molecule has 0 aromatic heterocycles. The van der Waals surface area contributed by atoms with Crippen molar-refractivity contribution < 1.29 is 18.7 Å². The summed E-state index contributed by atoms with van der Waals surface area (Å²) in [5.74, 6) is -0.124. The summed E-state index contributed by atoms with van der Waals surface area (Å²) in [6.45, 7) is 4.05. The van der Waals surface area contributed by atoms with Crippen LogP contribution in [-0.2, 0) is 9.53 Å². The van der Waals surface area contributed by atoms with Crippen LogP contribution in [0, 0.1) is 13.0 Å². The Balaban J connectivity index is 1.92. The van der Waals surface area contributed by atoms with Gasteiger partial charge in [0.05, 0.1) is 7.14 Å². The van der Waals surface area contributed by atoms with Crippen molar-refractivity contribution in [1.29, 1.82) is 0 Å². The average molecular weight is 575 g/mol. The van der Waals surface area contributed by atoms with Crippen molar-refractivity contribution in [2.24, 2.45) is 4.99 Å². The largest absolute Gasteiger partial charge is 0.487 e. The normalized spacial score (nSPS) is 15.0. The molecule has 2 aromatic carbocycles. The lowest BCUT2D eigenvalue weighted by atomic mass is 10.2. The first kappa shape index (κ1) is 19.0. The minimum absolute atomic E-state index is 0.0936. The molecule has 0 unspecified atom stereocenters. The molecule has 0 fully saturated rings. The molecule has 0 spiro atoms. The van der Waals surface area contributed by atoms with E-state index in [0.717, 1.165) is 18.5 Å². The molecule has 26 heavy (non-hydrogen) atoms. The van der Waals surface area contributed by atoms with Crippen LogP contribution in [0.25, 0.3) is 6.08 Å². The molecule has 0 radical (unpaired) electrons. The fourth-order valence-corrected chi connectivity index (χ4v) is 4.38. The lowest BCUT2D eigenvalue weighted by molar-refractivity contribution is -0.129. The SMILES string of the molecule is C=CCOc1c(I)cc(/C=C2\N=C(c3cccc(F)c3)OC2=O)cc1I. The van der Waals surface area contributed by atoms with Crippen LogP contribution in [0.3, 0.4) is 0 Å². The molecule has 7 heteroatoms. The summed E-state index contributed by atoms with van der Waals surface area (Å²) >= 11 is 4.35. The van der Waals surface area contributed by atoms with Crippen LogP contribution in [0.15, 0.2) is 59.7 Å². The molecule has 0 N–H and O–H groups in total. The van der Waals surface area contributed by atoms with E-state index in [-0.39, 0.29) is 11.6 Å². The van der Waals surface area contributed by atoms with Gasteiger partial charge in [0, 0.05) is 5.56 Å². The van der Waals surface area contributed by atoms with Gasteiger partial charge in [0.25, 0.3) is 0 Å². The van der Waals surface area contributed by atoms with E-state index in [4.69, 9.17) is 9.47 Å². The molecule has 0 atom stereocenters. The predicted octanol–water partition coefficient (Wildman–Crippen LogP) is 4.94. The van der Waals surface area contributed by atoms with Crippen molar-refractivity contribution in [3.8, 4) is 5.75 Å². The highest BCUT2D eigenvalue weighted by atomic mass is 127. The summed E-state index contributed by atoms with van der Waals surface area (Å²) in [5, 5.41) is 0. The number of ether oxygens (including phenoxy) is 2. The highest BCUT2D eigenvalue weighted by molar-refractivity contribution is 14.1. The standard InChI is InChI=1S/C19H12FI2NO3/c1-2-6-25-17-14(21)7-11(8-15(17)22)9-16-19(24)26-18(23-16)12-4-3-5-13(20)10-12/h2-5,7-10H,1,6H2/b16-9-. The Labute approximate surface area is 177 Å². The molecular weight excluding hydrogens is 563 g/mol. The summed E-state index contributed by atoms with van der Waals surface area (Å²) in [6.07, 6.45) is 3.31.